The van der Waals surface area contributed by atoms with Gasteiger partial charge in [0.05, 0.1) is 12.5 Å². The Hall–Kier alpha value is -2.62. The lowest BCUT2D eigenvalue weighted by molar-refractivity contribution is -0.122. The molecule has 1 atom stereocenters. The molecule has 2 aromatic carbocycles. The first-order valence-electron chi connectivity index (χ1n) is 9.82. The van der Waals surface area contributed by atoms with E-state index in [1.807, 2.05) is 48.5 Å². The maximum atomic E-state index is 12.6. The first kappa shape index (κ1) is 19.2. The average molecular weight is 364 g/mol. The van der Waals surface area contributed by atoms with E-state index in [-0.39, 0.29) is 30.3 Å². The van der Waals surface area contributed by atoms with Crippen molar-refractivity contribution in [2.45, 2.75) is 51.1 Å². The predicted octanol–water partition coefficient (Wildman–Crippen LogP) is 4.24. The Balaban J connectivity index is 1.65. The number of hydrogen-bond acceptors (Lipinski definition) is 2. The predicted molar refractivity (Wildman–Crippen MR) is 107 cm³/mol. The minimum absolute atomic E-state index is 0.00299. The van der Waals surface area contributed by atoms with Gasteiger partial charge in [-0.05, 0) is 49.3 Å². The Morgan fingerprint density at radius 3 is 2.15 bits per heavy atom. The molecule has 2 aromatic rings. The molecule has 0 saturated heterocycles. The van der Waals surface area contributed by atoms with Crippen LogP contribution in [0.15, 0.2) is 60.7 Å². The number of nitrogens with one attached hydrogen (secondary N) is 2. The molecule has 4 heteroatoms. The van der Waals surface area contributed by atoms with Gasteiger partial charge in [-0.25, -0.2) is 0 Å². The van der Waals surface area contributed by atoms with Crippen LogP contribution in [0, 0.1) is 5.92 Å². The molecule has 1 aliphatic carbocycles. The lowest BCUT2D eigenvalue weighted by atomic mass is 9.87. The molecule has 1 fully saturated rings. The van der Waals surface area contributed by atoms with Crippen LogP contribution in [0.3, 0.4) is 0 Å². The van der Waals surface area contributed by atoms with Gasteiger partial charge >= 0.3 is 0 Å². The van der Waals surface area contributed by atoms with Crippen LogP contribution in [0.1, 0.15) is 61.0 Å². The number of amides is 2. The van der Waals surface area contributed by atoms with Gasteiger partial charge in [-0.3, -0.25) is 9.59 Å². The Kier molecular flexibility index (Phi) is 6.64. The minimum Gasteiger partial charge on any atom is -0.353 e. The summed E-state index contributed by atoms with van der Waals surface area (Å²) in [5, 5.41) is 6.19. The van der Waals surface area contributed by atoms with Crippen molar-refractivity contribution >= 4 is 11.8 Å². The summed E-state index contributed by atoms with van der Waals surface area (Å²) in [5.74, 6) is 0.584. The second-order valence-electron chi connectivity index (χ2n) is 7.53. The van der Waals surface area contributed by atoms with E-state index >= 15 is 0 Å². The van der Waals surface area contributed by atoms with Gasteiger partial charge in [-0.1, -0.05) is 55.5 Å². The highest BCUT2D eigenvalue weighted by Gasteiger charge is 2.23. The Morgan fingerprint density at radius 2 is 1.52 bits per heavy atom. The summed E-state index contributed by atoms with van der Waals surface area (Å²) in [7, 11) is 0. The third kappa shape index (κ3) is 5.68. The summed E-state index contributed by atoms with van der Waals surface area (Å²) < 4.78 is 0. The molecule has 2 N–H and O–H groups in total. The lowest BCUT2D eigenvalue weighted by Gasteiger charge is -2.28. The molecule has 0 spiro atoms. The van der Waals surface area contributed by atoms with Crippen molar-refractivity contribution in [1.82, 2.24) is 10.6 Å². The van der Waals surface area contributed by atoms with Gasteiger partial charge in [0.1, 0.15) is 0 Å². The number of benzene rings is 2. The topological polar surface area (TPSA) is 58.2 Å². The van der Waals surface area contributed by atoms with Crippen LogP contribution in [-0.2, 0) is 4.79 Å². The average Bonchev–Trinajstić information content (AvgIpc) is 2.70. The fourth-order valence-electron chi connectivity index (χ4n) is 3.65. The number of rotatable bonds is 6. The molecular formula is C23H28N2O2. The lowest BCUT2D eigenvalue weighted by Crippen LogP contribution is -2.40. The molecule has 0 aliphatic heterocycles. The normalized spacial score (nSPS) is 20.5. The first-order valence-corrected chi connectivity index (χ1v) is 9.82. The van der Waals surface area contributed by atoms with Crippen molar-refractivity contribution in [2.75, 3.05) is 0 Å². The fourth-order valence-corrected chi connectivity index (χ4v) is 3.65. The van der Waals surface area contributed by atoms with E-state index in [0.29, 0.717) is 5.56 Å². The van der Waals surface area contributed by atoms with Crippen molar-refractivity contribution in [3.63, 3.8) is 0 Å². The van der Waals surface area contributed by atoms with E-state index < -0.39 is 0 Å². The molecule has 3 rings (SSSR count). The number of hydrogen-bond donors (Lipinski definition) is 2. The fraction of sp³-hybridized carbons (Fsp3) is 0.391. The van der Waals surface area contributed by atoms with Crippen LogP contribution >= 0.6 is 0 Å². The summed E-state index contributed by atoms with van der Waals surface area (Å²) in [4.78, 5) is 25.2. The van der Waals surface area contributed by atoms with Crippen LogP contribution in [0.2, 0.25) is 0 Å². The summed E-state index contributed by atoms with van der Waals surface area (Å²) in [6.07, 6.45) is 4.66. The molecule has 0 aromatic heterocycles. The molecule has 0 heterocycles. The van der Waals surface area contributed by atoms with E-state index in [4.69, 9.17) is 0 Å². The van der Waals surface area contributed by atoms with Gasteiger partial charge < -0.3 is 10.6 Å². The number of carbonyl (C=O) groups is 2. The largest absolute Gasteiger partial charge is 0.353 e. The maximum Gasteiger partial charge on any atom is 0.251 e. The monoisotopic (exact) mass is 364 g/mol. The highest BCUT2D eigenvalue weighted by Crippen LogP contribution is 2.24. The van der Waals surface area contributed by atoms with Crippen LogP contribution in [0.25, 0.3) is 0 Å². The Bertz CT molecular complexity index is 737. The molecule has 0 bridgehead atoms. The molecule has 1 aliphatic rings. The highest BCUT2D eigenvalue weighted by atomic mass is 16.2. The molecule has 4 nitrogen and oxygen atoms in total. The van der Waals surface area contributed by atoms with Crippen molar-refractivity contribution in [2.24, 2.45) is 5.92 Å². The summed E-state index contributed by atoms with van der Waals surface area (Å²) in [5.41, 5.74) is 1.54. The van der Waals surface area contributed by atoms with Crippen molar-refractivity contribution < 1.29 is 9.59 Å². The third-order valence-electron chi connectivity index (χ3n) is 5.31. The molecular weight excluding hydrogens is 336 g/mol. The van der Waals surface area contributed by atoms with Gasteiger partial charge in [-0.2, -0.15) is 0 Å². The molecule has 1 saturated carbocycles. The van der Waals surface area contributed by atoms with E-state index in [9.17, 15) is 9.59 Å². The second kappa shape index (κ2) is 9.36. The molecule has 2 amide bonds. The van der Waals surface area contributed by atoms with Gasteiger partial charge in [-0.15, -0.1) is 0 Å². The van der Waals surface area contributed by atoms with Crippen LogP contribution in [0.4, 0.5) is 0 Å². The number of carbonyl (C=O) groups excluding carboxylic acids is 2. The molecule has 27 heavy (non-hydrogen) atoms. The second-order valence-corrected chi connectivity index (χ2v) is 7.53. The zero-order chi connectivity index (χ0) is 19.1. The first-order chi connectivity index (χ1) is 13.1. The van der Waals surface area contributed by atoms with Crippen LogP contribution in [-0.4, -0.2) is 17.9 Å². The smallest absolute Gasteiger partial charge is 0.251 e. The minimum atomic E-state index is -0.346. The van der Waals surface area contributed by atoms with E-state index in [2.05, 4.69) is 17.6 Å². The SMILES string of the molecule is CC1CCC(NC(=O)C[C@H](NC(=O)c2ccccc2)c2ccccc2)CC1. The third-order valence-corrected chi connectivity index (χ3v) is 5.31. The zero-order valence-corrected chi connectivity index (χ0v) is 15.9. The quantitative estimate of drug-likeness (QED) is 0.805. The van der Waals surface area contributed by atoms with E-state index in [0.717, 1.165) is 37.2 Å². The molecule has 142 valence electrons. The van der Waals surface area contributed by atoms with Crippen LogP contribution < -0.4 is 10.6 Å². The summed E-state index contributed by atoms with van der Waals surface area (Å²) in [6, 6.07) is 18.7. The van der Waals surface area contributed by atoms with E-state index in [1.54, 1.807) is 12.1 Å². The van der Waals surface area contributed by atoms with Gasteiger partial charge in [0.15, 0.2) is 0 Å². The van der Waals surface area contributed by atoms with Crippen molar-refractivity contribution in [3.05, 3.63) is 71.8 Å². The summed E-state index contributed by atoms with van der Waals surface area (Å²) in [6.45, 7) is 2.27. The highest BCUT2D eigenvalue weighted by molar-refractivity contribution is 5.94. The van der Waals surface area contributed by atoms with E-state index in [1.165, 1.54) is 0 Å². The van der Waals surface area contributed by atoms with Gasteiger partial charge in [0.2, 0.25) is 5.91 Å². The maximum absolute atomic E-state index is 12.6. The Morgan fingerprint density at radius 1 is 0.926 bits per heavy atom. The standard InChI is InChI=1S/C23H28N2O2/c1-17-12-14-20(15-13-17)24-22(26)16-21(18-8-4-2-5-9-18)25-23(27)19-10-6-3-7-11-19/h2-11,17,20-21H,12-16H2,1H3,(H,24,26)(H,25,27)/t17?,20?,21-/m0/s1. The zero-order valence-electron chi connectivity index (χ0n) is 15.9. The molecule has 0 radical (unpaired) electrons. The van der Waals surface area contributed by atoms with Crippen molar-refractivity contribution in [3.8, 4) is 0 Å². The van der Waals surface area contributed by atoms with Gasteiger partial charge in [0.25, 0.3) is 5.91 Å². The van der Waals surface area contributed by atoms with Crippen LogP contribution in [0.5, 0.6) is 0 Å². The molecule has 0 unspecified atom stereocenters. The summed E-state index contributed by atoms with van der Waals surface area (Å²) >= 11 is 0. The Labute approximate surface area is 161 Å². The van der Waals surface area contributed by atoms with Gasteiger partial charge in [0, 0.05) is 11.6 Å². The van der Waals surface area contributed by atoms with Crippen molar-refractivity contribution in [1.29, 1.82) is 0 Å².